The number of nitrogens with zero attached hydrogens (tertiary/aromatic N) is 5. The number of nitrogens with two attached hydrogens (primary N) is 1. The van der Waals surface area contributed by atoms with E-state index in [1.165, 1.54) is 45.0 Å². The van der Waals surface area contributed by atoms with E-state index >= 15 is 0 Å². The number of Topliss-reactive ketones (excluding diaryl/α,β-unsaturated/α-hetero) is 1. The summed E-state index contributed by atoms with van der Waals surface area (Å²) in [6.45, 7) is 6.00. The zero-order valence-corrected chi connectivity index (χ0v) is 78.8. The van der Waals surface area contributed by atoms with Crippen molar-refractivity contribution in [1.29, 1.82) is 0 Å². The molecule has 0 spiro atoms. The lowest BCUT2D eigenvalue weighted by molar-refractivity contribution is -0.287. The van der Waals surface area contributed by atoms with Gasteiger partial charge in [0.1, 0.15) is 90.9 Å². The van der Waals surface area contributed by atoms with Gasteiger partial charge in [-0.3, -0.25) is 67.9 Å². The third-order valence-electron chi connectivity index (χ3n) is 23.4. The number of carboxylic acids is 1. The van der Waals surface area contributed by atoms with E-state index in [-0.39, 0.29) is 199 Å². The number of aliphatic carboxylic acids is 1. The molecule has 0 saturated carbocycles. The Balaban J connectivity index is 0.640. The lowest BCUT2D eigenvalue weighted by Gasteiger charge is -2.42. The normalized spacial score (nSPS) is 26.4. The van der Waals surface area contributed by atoms with Crippen molar-refractivity contribution in [2.75, 3.05) is 191 Å². The molecule has 1 aromatic rings. The Morgan fingerprint density at radius 3 is 1.96 bits per heavy atom. The Kier molecular flexibility index (Phi) is 45.6. The van der Waals surface area contributed by atoms with E-state index in [1.807, 2.05) is 6.92 Å². The molecule has 0 radical (unpaired) electrons. The number of benzene rings is 1. The number of allylic oxidation sites excluding steroid dienone is 3. The fourth-order valence-electron chi connectivity index (χ4n) is 15.3. The molecule has 47 nitrogen and oxygen atoms in total. The molecular formula is C87H127ClN10O37S. The average molecular weight is 1970 g/mol. The standard InChI is InChI=1S/C87H127ClN10O37S/c1-50-10-9-11-63(121-8)87(119)44-60(133-85(118)93-87)51(2)80-86(4,135-80)64(43-72(106)95(6)57-39-53(38-50)40-59(120-7)75(57)88)134-83(116)52(3)94(5)68(102)18-37-136-62-42-73(107)98(81(62)113)47-67(101)92-56(82(114)115)45-90-65(99)15-21-122-26-29-126-31-33-128-35-36-129-34-32-127-30-27-123-22-16-66(100)91-54-41-58(97(46-54)71(105)17-23-124-25-28-125-24-19-96-69(103)12-13-70(96)104)76(109)55(89)14-20-130-49-74(108)131-48-61-77(110)78(111)79(112)84(117)132-61/h9-13,39-40,51-52,54-56,58,60-64,77-80,84,110-112,117,119H,14-38,41-49,89H2,1-8H3,(H,90,99)(H,91,100)(H,92,101)(H,93,118)(H,114,115)/b11-9+,50-10+/t51-,52+,54?,55?,56?,58?,60+,61?,62?,63-,64+,77?,78?,79?,80+,84?,86+,87+/m1/s1. The molecule has 4 bridgehead atoms. The lowest BCUT2D eigenvalue weighted by atomic mass is 9.83. The average Bonchev–Trinajstić information content (AvgIpc) is 1.57. The van der Waals surface area contributed by atoms with Crippen LogP contribution >= 0.6 is 23.4 Å². The molecule has 8 rings (SSSR count). The number of methoxy groups -OCH3 is 2. The second kappa shape index (κ2) is 55.4. The van der Waals surface area contributed by atoms with Gasteiger partial charge in [-0.15, -0.1) is 11.8 Å². The number of carbonyl (C=O) groups is 15. The van der Waals surface area contributed by atoms with E-state index in [0.717, 1.165) is 39.3 Å². The Labute approximate surface area is 794 Å². The quantitative estimate of drug-likeness (QED) is 0.00987. The van der Waals surface area contributed by atoms with Crippen LogP contribution in [0.3, 0.4) is 0 Å². The molecule has 7 heterocycles. The molecule has 7 aliphatic rings. The zero-order chi connectivity index (χ0) is 99.5. The van der Waals surface area contributed by atoms with Crippen molar-refractivity contribution in [1.82, 2.24) is 40.9 Å². The number of hydrogen-bond acceptors (Lipinski definition) is 38. The summed E-state index contributed by atoms with van der Waals surface area (Å²) in [5.41, 5.74) is 4.80. The minimum Gasteiger partial charge on any atom is -0.495 e. The minimum absolute atomic E-state index is 0.0221. The third-order valence-corrected chi connectivity index (χ3v) is 25.0. The van der Waals surface area contributed by atoms with Crippen LogP contribution in [-0.4, -0.2) is 427 Å². The van der Waals surface area contributed by atoms with Crippen LogP contribution in [0.1, 0.15) is 91.0 Å². The second-order valence-electron chi connectivity index (χ2n) is 33.2. The number of aliphatic hydroxyl groups excluding tert-OH is 4. The Bertz CT molecular complexity index is 4350. The number of aliphatic hydroxyl groups is 5. The van der Waals surface area contributed by atoms with Gasteiger partial charge in [0.15, 0.2) is 17.8 Å². The van der Waals surface area contributed by atoms with Gasteiger partial charge in [-0.2, -0.15) is 0 Å². The Morgan fingerprint density at radius 1 is 0.750 bits per heavy atom. The predicted octanol–water partition coefficient (Wildman–Crippen LogP) is -3.59. The second-order valence-corrected chi connectivity index (χ2v) is 34.9. The summed E-state index contributed by atoms with van der Waals surface area (Å²) in [5, 5.41) is 70.2. The van der Waals surface area contributed by atoms with Crippen LogP contribution in [0.5, 0.6) is 5.75 Å². The molecule has 11 amide bonds. The first-order valence-corrected chi connectivity index (χ1v) is 46.0. The third kappa shape index (κ3) is 33.7. The number of likely N-dealkylation sites (N-methyl/N-ethyl adjacent to an activating group) is 1. The number of amides is 11. The van der Waals surface area contributed by atoms with Crippen LogP contribution in [0.2, 0.25) is 5.02 Å². The minimum atomic E-state index is -1.94. The Morgan fingerprint density at radius 2 is 1.35 bits per heavy atom. The van der Waals surface area contributed by atoms with E-state index in [2.05, 4.69) is 21.3 Å². The van der Waals surface area contributed by atoms with Gasteiger partial charge in [0.2, 0.25) is 47.3 Å². The molecule has 7 aliphatic heterocycles. The molecule has 49 heteroatoms. The summed E-state index contributed by atoms with van der Waals surface area (Å²) in [6, 6.07) is -2.35. The van der Waals surface area contributed by atoms with E-state index in [0.29, 0.717) is 16.9 Å². The highest BCUT2D eigenvalue weighted by atomic mass is 35.5. The number of imide groups is 2. The van der Waals surface area contributed by atoms with Crippen molar-refractivity contribution in [2.45, 2.75) is 194 Å². The Hall–Kier alpha value is -9.39. The molecule has 0 aromatic heterocycles. The van der Waals surface area contributed by atoms with Gasteiger partial charge in [0.25, 0.3) is 11.8 Å². The van der Waals surface area contributed by atoms with Crippen LogP contribution in [0.4, 0.5) is 10.5 Å². The smallest absolute Gasteiger partial charge is 0.409 e. The van der Waals surface area contributed by atoms with Crippen molar-refractivity contribution in [2.24, 2.45) is 11.7 Å². The summed E-state index contributed by atoms with van der Waals surface area (Å²) in [6.07, 6.45) is -7.38. The highest BCUT2D eigenvalue weighted by Gasteiger charge is 2.65. The molecule has 5 fully saturated rings. The number of anilines is 1. The number of rotatable bonds is 55. The fourth-order valence-corrected chi connectivity index (χ4v) is 16.7. The first-order chi connectivity index (χ1) is 64.8. The van der Waals surface area contributed by atoms with Crippen LogP contribution in [0.15, 0.2) is 48.1 Å². The van der Waals surface area contributed by atoms with Gasteiger partial charge in [-0.25, -0.2) is 19.2 Å². The van der Waals surface area contributed by atoms with Crippen molar-refractivity contribution in [3.05, 3.63) is 58.7 Å². The monoisotopic (exact) mass is 1970 g/mol. The van der Waals surface area contributed by atoms with E-state index < -0.39 is 229 Å². The molecule has 12 N–H and O–H groups in total. The maximum atomic E-state index is 14.5. The molecule has 1 aromatic carbocycles. The van der Waals surface area contributed by atoms with E-state index in [9.17, 15) is 103 Å². The summed E-state index contributed by atoms with van der Waals surface area (Å²) < 4.78 is 88.9. The highest BCUT2D eigenvalue weighted by Crippen LogP contribution is 2.50. The van der Waals surface area contributed by atoms with Crippen molar-refractivity contribution < 1.29 is 178 Å². The number of likely N-dealkylation sites (tertiary alicyclic amines) is 2. The number of carbonyl (C=O) groups excluding carboxylic acids is 14. The molecule has 5 saturated heterocycles. The highest BCUT2D eigenvalue weighted by molar-refractivity contribution is 8.00. The van der Waals surface area contributed by atoms with Gasteiger partial charge >= 0.3 is 24.0 Å². The lowest BCUT2D eigenvalue weighted by Crippen LogP contribution is -2.63. The number of alkyl carbamates (subject to hydrolysis) is 1. The van der Waals surface area contributed by atoms with Crippen LogP contribution in [0.25, 0.3) is 0 Å². The first-order valence-electron chi connectivity index (χ1n) is 44.5. The number of thioether (sulfide) groups is 1. The first kappa shape index (κ1) is 112. The number of carboxylic acid groups (broad SMARTS) is 1. The van der Waals surface area contributed by atoms with E-state index in [4.69, 9.17) is 93.1 Å². The topological polar surface area (TPSA) is 619 Å². The summed E-state index contributed by atoms with van der Waals surface area (Å²) in [7, 11) is 5.66. The number of ether oxygens (including phenoxy) is 16. The van der Waals surface area contributed by atoms with Gasteiger partial charge < -0.3 is 143 Å². The number of esters is 2. The summed E-state index contributed by atoms with van der Waals surface area (Å²) in [5.74, 6) is -10.3. The van der Waals surface area contributed by atoms with Gasteiger partial charge in [0.05, 0.1) is 161 Å². The molecular weight excluding hydrogens is 1840 g/mol. The fraction of sp³-hybridized carbons (Fsp3) is 0.690. The number of hydrogen-bond donors (Lipinski definition) is 11. The largest absolute Gasteiger partial charge is 0.495 e. The molecule has 0 aliphatic carbocycles. The van der Waals surface area contributed by atoms with Crippen LogP contribution in [0, 0.1) is 5.92 Å². The number of ketones is 1. The van der Waals surface area contributed by atoms with Gasteiger partial charge in [-0.1, -0.05) is 42.3 Å². The van der Waals surface area contributed by atoms with Gasteiger partial charge in [0, 0.05) is 103 Å². The maximum Gasteiger partial charge on any atom is 0.409 e. The van der Waals surface area contributed by atoms with Crippen molar-refractivity contribution >= 4 is 118 Å². The predicted molar refractivity (Wildman–Crippen MR) is 472 cm³/mol. The number of epoxide rings is 1. The van der Waals surface area contributed by atoms with E-state index in [1.54, 1.807) is 44.2 Å². The number of halogens is 1. The molecule has 136 heavy (non-hydrogen) atoms. The molecule has 760 valence electrons. The summed E-state index contributed by atoms with van der Waals surface area (Å²) in [4.78, 5) is 202. The molecule has 10 unspecified atom stereocenters. The zero-order valence-electron chi connectivity index (χ0n) is 77.3. The number of nitrogens with one attached hydrogen (secondary N) is 4. The SMILES string of the molecule is COc1cc2cc(c1Cl)N(C)C(=O)C[C@H](OC(=O)[C@H](C)N(C)C(=O)CCSC1CC(=O)N(CC(=O)NC(CNC(=O)CCOCCOCCOCCOCCOCCOCCC(=O)NC3CC(C(=O)C(N)CCOCC(=O)OCC4OC(O)C(O)C(O)C4O)N(C(=O)CCOCCOCCN4C(=O)C=CC4=O)C3)C(=O)O)C1=O)[C@]1(C)O[C@H]1[C@H](C)[C@@H]1C[C@@](O)(NC(=O)O1)[C@H](OC)/C=C/C=C(\C)C2. The summed E-state index contributed by atoms with van der Waals surface area (Å²) >= 11 is 7.79. The maximum absolute atomic E-state index is 14.5. The number of fused-ring (bicyclic) bond motifs is 5. The van der Waals surface area contributed by atoms with Crippen LogP contribution in [-0.2, 0) is 145 Å². The molecule has 18 atom stereocenters. The van der Waals surface area contributed by atoms with Crippen LogP contribution < -0.4 is 36.6 Å². The van der Waals surface area contributed by atoms with Crippen molar-refractivity contribution in [3.63, 3.8) is 0 Å². The van der Waals surface area contributed by atoms with Gasteiger partial charge in [-0.05, 0) is 57.7 Å². The van der Waals surface area contributed by atoms with Crippen molar-refractivity contribution in [3.8, 4) is 5.75 Å².